The number of rotatable bonds is 2. The van der Waals surface area contributed by atoms with Crippen LogP contribution in [0.1, 0.15) is 37.9 Å². The summed E-state index contributed by atoms with van der Waals surface area (Å²) in [6.45, 7) is 7.75. The zero-order chi connectivity index (χ0) is 17.4. The van der Waals surface area contributed by atoms with Crippen molar-refractivity contribution in [3.8, 4) is 5.75 Å². The Morgan fingerprint density at radius 1 is 1.08 bits per heavy atom. The number of aromatic hydroxyl groups is 1. The van der Waals surface area contributed by atoms with E-state index in [1.807, 2.05) is 4.90 Å². The van der Waals surface area contributed by atoms with Crippen molar-refractivity contribution >= 4 is 24.8 Å². The Bertz CT molecular complexity index is 570. The zero-order valence-corrected chi connectivity index (χ0v) is 15.9. The summed E-state index contributed by atoms with van der Waals surface area (Å²) in [5, 5.41) is 13.2. The van der Waals surface area contributed by atoms with Crippen molar-refractivity contribution in [2.75, 3.05) is 26.2 Å². The average molecular weight is 407 g/mol. The van der Waals surface area contributed by atoms with Crippen LogP contribution in [-0.2, 0) is 6.18 Å². The molecular formula is C16H24Cl2F4N2O. The van der Waals surface area contributed by atoms with Gasteiger partial charge in [-0.05, 0) is 17.5 Å². The molecule has 0 amide bonds. The summed E-state index contributed by atoms with van der Waals surface area (Å²) in [5.41, 5.74) is -1.95. The summed E-state index contributed by atoms with van der Waals surface area (Å²) in [6, 6.07) is 0.640. The van der Waals surface area contributed by atoms with E-state index in [1.54, 1.807) is 20.8 Å². The van der Waals surface area contributed by atoms with E-state index in [0.29, 0.717) is 38.3 Å². The van der Waals surface area contributed by atoms with Gasteiger partial charge >= 0.3 is 6.18 Å². The Hall–Kier alpha value is -0.760. The topological polar surface area (TPSA) is 35.5 Å². The smallest absolute Gasteiger partial charge is 0.416 e. The molecule has 0 radical (unpaired) electrons. The van der Waals surface area contributed by atoms with Crippen molar-refractivity contribution in [1.82, 2.24) is 10.2 Å². The Morgan fingerprint density at radius 2 is 1.60 bits per heavy atom. The largest absolute Gasteiger partial charge is 0.505 e. The molecule has 0 bridgehead atoms. The summed E-state index contributed by atoms with van der Waals surface area (Å²) in [4.78, 5) is 1.88. The number of piperazine rings is 1. The molecule has 0 aromatic heterocycles. The molecular weight excluding hydrogens is 383 g/mol. The van der Waals surface area contributed by atoms with Gasteiger partial charge in [-0.25, -0.2) is 4.39 Å². The van der Waals surface area contributed by atoms with Gasteiger partial charge in [-0.1, -0.05) is 20.8 Å². The predicted octanol–water partition coefficient (Wildman–Crippen LogP) is 4.39. The molecule has 1 aliphatic rings. The van der Waals surface area contributed by atoms with Crippen LogP contribution in [0, 0.1) is 11.2 Å². The van der Waals surface area contributed by atoms with Gasteiger partial charge in [0.1, 0.15) is 0 Å². The second-order valence-corrected chi connectivity index (χ2v) is 6.91. The quantitative estimate of drug-likeness (QED) is 0.715. The Kier molecular flexibility index (Phi) is 8.49. The summed E-state index contributed by atoms with van der Waals surface area (Å²) in [5.74, 6) is -1.93. The minimum Gasteiger partial charge on any atom is -0.505 e. The monoisotopic (exact) mass is 406 g/mol. The number of hydrogen-bond donors (Lipinski definition) is 2. The lowest BCUT2D eigenvalue weighted by molar-refractivity contribution is -0.139. The minimum atomic E-state index is -4.65. The van der Waals surface area contributed by atoms with Crippen LogP contribution in [0.3, 0.4) is 0 Å². The number of phenols is 1. The van der Waals surface area contributed by atoms with Crippen molar-refractivity contribution in [3.63, 3.8) is 0 Å². The molecule has 1 saturated heterocycles. The number of hydrogen-bond acceptors (Lipinski definition) is 3. The fourth-order valence-corrected chi connectivity index (χ4v) is 3.21. The van der Waals surface area contributed by atoms with Gasteiger partial charge in [0.25, 0.3) is 0 Å². The van der Waals surface area contributed by atoms with E-state index in [1.165, 1.54) is 0 Å². The first kappa shape index (κ1) is 24.2. The molecule has 0 spiro atoms. The van der Waals surface area contributed by atoms with Crippen LogP contribution in [0.2, 0.25) is 0 Å². The Labute approximate surface area is 157 Å². The van der Waals surface area contributed by atoms with E-state index >= 15 is 0 Å². The van der Waals surface area contributed by atoms with Crippen molar-refractivity contribution in [2.24, 2.45) is 5.41 Å². The maximum Gasteiger partial charge on any atom is 0.416 e. The van der Waals surface area contributed by atoms with Crippen molar-refractivity contribution in [3.05, 3.63) is 29.1 Å². The van der Waals surface area contributed by atoms with Gasteiger partial charge in [0.15, 0.2) is 11.6 Å². The molecule has 1 aliphatic heterocycles. The molecule has 1 heterocycles. The third-order valence-corrected chi connectivity index (χ3v) is 4.08. The first-order valence-electron chi connectivity index (χ1n) is 7.57. The summed E-state index contributed by atoms with van der Waals surface area (Å²) in [7, 11) is 0. The summed E-state index contributed by atoms with van der Waals surface area (Å²) in [6.07, 6.45) is -4.65. The molecule has 1 fully saturated rings. The highest BCUT2D eigenvalue weighted by Gasteiger charge is 2.43. The van der Waals surface area contributed by atoms with Gasteiger partial charge < -0.3 is 10.4 Å². The van der Waals surface area contributed by atoms with Gasteiger partial charge in [-0.3, -0.25) is 4.90 Å². The van der Waals surface area contributed by atoms with Crippen LogP contribution in [-0.4, -0.2) is 36.2 Å². The fraction of sp³-hybridized carbons (Fsp3) is 0.625. The van der Waals surface area contributed by atoms with Crippen molar-refractivity contribution in [2.45, 2.75) is 33.0 Å². The van der Waals surface area contributed by atoms with Gasteiger partial charge in [0, 0.05) is 37.8 Å². The molecule has 1 aromatic rings. The number of nitrogens with one attached hydrogen (secondary N) is 1. The maximum atomic E-state index is 13.8. The second kappa shape index (κ2) is 8.75. The molecule has 25 heavy (non-hydrogen) atoms. The van der Waals surface area contributed by atoms with Gasteiger partial charge in [0.05, 0.1) is 5.56 Å². The molecule has 2 rings (SSSR count). The SMILES string of the molecule is CC(C)(C)[C@H](c1c(C(F)(F)F)ccc(F)c1O)N1CCNCC1.Cl.Cl. The first-order chi connectivity index (χ1) is 10.5. The van der Waals surface area contributed by atoms with Crippen LogP contribution in [0.4, 0.5) is 17.6 Å². The van der Waals surface area contributed by atoms with Gasteiger partial charge in [-0.15, -0.1) is 24.8 Å². The van der Waals surface area contributed by atoms with Crippen molar-refractivity contribution < 1.29 is 22.7 Å². The van der Waals surface area contributed by atoms with E-state index in [4.69, 9.17) is 0 Å². The highest BCUT2D eigenvalue weighted by atomic mass is 35.5. The molecule has 0 aliphatic carbocycles. The number of halogens is 6. The lowest BCUT2D eigenvalue weighted by Crippen LogP contribution is -2.48. The molecule has 0 unspecified atom stereocenters. The summed E-state index contributed by atoms with van der Waals surface area (Å²) < 4.78 is 54.0. The number of phenolic OH excluding ortho intramolecular Hbond substituents is 1. The standard InChI is InChI=1S/C16H22F4N2O.2ClH/c1-15(2,3)14(22-8-6-21-7-9-22)12-10(16(18,19)20)4-5-11(17)13(12)23;;/h4-5,14,21,23H,6-9H2,1-3H3;2*1H/t14-;;/m0../s1. The fourth-order valence-electron chi connectivity index (χ4n) is 3.21. The van der Waals surface area contributed by atoms with Gasteiger partial charge in [-0.2, -0.15) is 13.2 Å². The van der Waals surface area contributed by atoms with E-state index in [-0.39, 0.29) is 30.4 Å². The van der Waals surface area contributed by atoms with Crippen molar-refractivity contribution in [1.29, 1.82) is 0 Å². The number of alkyl halides is 3. The molecule has 9 heteroatoms. The molecule has 3 nitrogen and oxygen atoms in total. The lowest BCUT2D eigenvalue weighted by atomic mass is 9.78. The third-order valence-electron chi connectivity index (χ3n) is 4.08. The molecule has 146 valence electrons. The maximum absolute atomic E-state index is 13.8. The van der Waals surface area contributed by atoms with Crippen LogP contribution in [0.15, 0.2) is 12.1 Å². The number of benzene rings is 1. The van der Waals surface area contributed by atoms with E-state index < -0.39 is 34.8 Å². The second-order valence-electron chi connectivity index (χ2n) is 6.91. The average Bonchev–Trinajstić information content (AvgIpc) is 2.42. The Morgan fingerprint density at radius 3 is 2.04 bits per heavy atom. The lowest BCUT2D eigenvalue weighted by Gasteiger charge is -2.43. The number of nitrogens with zero attached hydrogens (tertiary/aromatic N) is 1. The van der Waals surface area contributed by atoms with Crippen LogP contribution >= 0.6 is 24.8 Å². The first-order valence-corrected chi connectivity index (χ1v) is 7.57. The normalized spacial score (nSPS) is 17.4. The summed E-state index contributed by atoms with van der Waals surface area (Å²) >= 11 is 0. The van der Waals surface area contributed by atoms with Crippen LogP contribution < -0.4 is 5.32 Å². The van der Waals surface area contributed by atoms with E-state index in [0.717, 1.165) is 0 Å². The highest BCUT2D eigenvalue weighted by Crippen LogP contribution is 2.48. The van der Waals surface area contributed by atoms with Crippen LogP contribution in [0.25, 0.3) is 0 Å². The molecule has 1 aromatic carbocycles. The van der Waals surface area contributed by atoms with Crippen LogP contribution in [0.5, 0.6) is 5.75 Å². The van der Waals surface area contributed by atoms with Gasteiger partial charge in [0.2, 0.25) is 0 Å². The van der Waals surface area contributed by atoms with E-state index in [9.17, 15) is 22.7 Å². The Balaban J connectivity index is 0.00000288. The molecule has 2 N–H and O–H groups in total. The van der Waals surface area contributed by atoms with E-state index in [2.05, 4.69) is 5.32 Å². The minimum absolute atomic E-state index is 0. The molecule has 0 saturated carbocycles. The highest BCUT2D eigenvalue weighted by molar-refractivity contribution is 5.85. The molecule has 1 atom stereocenters. The predicted molar refractivity (Wildman–Crippen MR) is 94.2 cm³/mol. The zero-order valence-electron chi connectivity index (χ0n) is 14.3. The third kappa shape index (κ3) is 5.36.